The van der Waals surface area contributed by atoms with Crippen LogP contribution in [0.4, 0.5) is 13.6 Å². The third-order valence-corrected chi connectivity index (χ3v) is 6.17. The van der Waals surface area contributed by atoms with E-state index in [1.54, 1.807) is 9.30 Å². The Bertz CT molecular complexity index is 1400. The normalized spacial score (nSPS) is 16.1. The molecule has 0 radical (unpaired) electrons. The molecule has 35 heavy (non-hydrogen) atoms. The number of nitrogens with one attached hydrogen (secondary N) is 1. The minimum atomic E-state index is -0.783. The van der Waals surface area contributed by atoms with Gasteiger partial charge in [0.2, 0.25) is 0 Å². The van der Waals surface area contributed by atoms with Gasteiger partial charge in [-0.1, -0.05) is 11.6 Å². The number of aromatic amines is 1. The number of benzene rings is 1. The van der Waals surface area contributed by atoms with Crippen molar-refractivity contribution in [3.63, 3.8) is 0 Å². The summed E-state index contributed by atoms with van der Waals surface area (Å²) >= 11 is 5.84. The van der Waals surface area contributed by atoms with Crippen LogP contribution in [0, 0.1) is 18.6 Å². The van der Waals surface area contributed by atoms with Gasteiger partial charge in [0.05, 0.1) is 43.3 Å². The highest BCUT2D eigenvalue weighted by Crippen LogP contribution is 2.34. The summed E-state index contributed by atoms with van der Waals surface area (Å²) in [6, 6.07) is 6.12. The van der Waals surface area contributed by atoms with Crippen molar-refractivity contribution in [2.24, 2.45) is 0 Å². The van der Waals surface area contributed by atoms with Crippen molar-refractivity contribution < 1.29 is 23.0 Å². The van der Waals surface area contributed by atoms with Gasteiger partial charge in [0, 0.05) is 30.9 Å². The molecule has 0 spiro atoms. The zero-order valence-corrected chi connectivity index (χ0v) is 19.8. The van der Waals surface area contributed by atoms with Gasteiger partial charge in [0.15, 0.2) is 0 Å². The summed E-state index contributed by atoms with van der Waals surface area (Å²) in [5, 5.41) is 0.191. The van der Waals surface area contributed by atoms with E-state index in [1.807, 2.05) is 25.3 Å². The van der Waals surface area contributed by atoms with Crippen molar-refractivity contribution >= 4 is 23.3 Å². The molecule has 1 N–H and O–H groups in total. The van der Waals surface area contributed by atoms with Gasteiger partial charge in [-0.05, 0) is 36.8 Å². The molecule has 0 unspecified atom stereocenters. The number of carbonyl (C=O) groups excluding carboxylic acids is 1. The standard InChI is InChI=1S/C24H22ClF2N5O3/c1-13-3-4-32-18(10-15-12-31(5-6-35-15)24(33)34-2)22(30-20(32)7-13)21-16(26)8-14(9-17(21)27)23-28-11-19(25)29-23/h3-4,7-9,11,15H,5-6,10,12H2,1-2H3,(H,28,29)/t15-/m0/s1. The van der Waals surface area contributed by atoms with Crippen LogP contribution in [0.3, 0.4) is 0 Å². The van der Waals surface area contributed by atoms with Crippen LogP contribution in [0.25, 0.3) is 28.3 Å². The zero-order valence-electron chi connectivity index (χ0n) is 19.0. The Hall–Kier alpha value is -3.50. The van der Waals surface area contributed by atoms with Gasteiger partial charge in [0.25, 0.3) is 0 Å². The number of halogens is 3. The Morgan fingerprint density at radius 1 is 1.29 bits per heavy atom. The average Bonchev–Trinajstić information content (AvgIpc) is 3.41. The molecule has 1 atom stereocenters. The quantitative estimate of drug-likeness (QED) is 0.440. The van der Waals surface area contributed by atoms with Gasteiger partial charge in [-0.3, -0.25) is 0 Å². The lowest BCUT2D eigenvalue weighted by Crippen LogP contribution is -2.46. The highest BCUT2D eigenvalue weighted by Gasteiger charge is 2.29. The number of methoxy groups -OCH3 is 1. The second-order valence-electron chi connectivity index (χ2n) is 8.34. The fraction of sp³-hybridized carbons (Fsp3) is 0.292. The molecule has 1 amide bonds. The fourth-order valence-electron chi connectivity index (χ4n) is 4.33. The smallest absolute Gasteiger partial charge is 0.409 e. The summed E-state index contributed by atoms with van der Waals surface area (Å²) < 4.78 is 43.3. The van der Waals surface area contributed by atoms with Crippen LogP contribution >= 0.6 is 11.6 Å². The summed E-state index contributed by atoms with van der Waals surface area (Å²) in [5.41, 5.74) is 2.23. The van der Waals surface area contributed by atoms with Gasteiger partial charge in [0.1, 0.15) is 28.3 Å². The maximum absolute atomic E-state index is 15.4. The molecule has 1 aliphatic rings. The Balaban J connectivity index is 1.58. The summed E-state index contributed by atoms with van der Waals surface area (Å²) in [4.78, 5) is 25.0. The maximum atomic E-state index is 15.4. The molecule has 1 saturated heterocycles. The second kappa shape index (κ2) is 9.27. The number of aromatic nitrogens is 4. The fourth-order valence-corrected chi connectivity index (χ4v) is 4.47. The molecule has 8 nitrogen and oxygen atoms in total. The molecule has 1 fully saturated rings. The van der Waals surface area contributed by atoms with Crippen molar-refractivity contribution in [2.75, 3.05) is 26.8 Å². The van der Waals surface area contributed by atoms with E-state index in [1.165, 1.54) is 25.4 Å². The SMILES string of the molecule is COC(=O)N1CCO[C@@H](Cc2c(-c3c(F)cc(-c4nc(Cl)c[nH]4)cc3F)nc3cc(C)ccn23)C1. The van der Waals surface area contributed by atoms with E-state index in [4.69, 9.17) is 21.1 Å². The number of pyridine rings is 1. The molecule has 11 heteroatoms. The molecule has 182 valence electrons. The third kappa shape index (κ3) is 4.46. The van der Waals surface area contributed by atoms with E-state index in [-0.39, 0.29) is 40.8 Å². The van der Waals surface area contributed by atoms with E-state index in [9.17, 15) is 4.79 Å². The van der Waals surface area contributed by atoms with Crippen LogP contribution in [0.2, 0.25) is 5.15 Å². The maximum Gasteiger partial charge on any atom is 0.409 e. The number of amides is 1. The highest BCUT2D eigenvalue weighted by molar-refractivity contribution is 6.29. The number of aryl methyl sites for hydroxylation is 1. The number of H-pyrrole nitrogens is 1. The minimum Gasteiger partial charge on any atom is -0.453 e. The first kappa shape index (κ1) is 23.3. The number of morpholine rings is 1. The Morgan fingerprint density at radius 2 is 2.06 bits per heavy atom. The number of carbonyl (C=O) groups is 1. The first-order chi connectivity index (χ1) is 16.8. The number of imidazole rings is 2. The molecule has 1 aromatic carbocycles. The number of rotatable bonds is 4. The largest absolute Gasteiger partial charge is 0.453 e. The molecular weight excluding hydrogens is 480 g/mol. The van der Waals surface area contributed by atoms with Crippen molar-refractivity contribution in [3.8, 4) is 22.6 Å². The Labute approximate surface area is 204 Å². The van der Waals surface area contributed by atoms with Crippen molar-refractivity contribution in [1.29, 1.82) is 0 Å². The summed E-state index contributed by atoms with van der Waals surface area (Å²) in [5.74, 6) is -1.31. The molecular formula is C24H22ClF2N5O3. The topological polar surface area (TPSA) is 84.7 Å². The Morgan fingerprint density at radius 3 is 2.74 bits per heavy atom. The number of hydrogen-bond acceptors (Lipinski definition) is 5. The lowest BCUT2D eigenvalue weighted by Gasteiger charge is -2.32. The van der Waals surface area contributed by atoms with Crippen molar-refractivity contribution in [1.82, 2.24) is 24.3 Å². The summed E-state index contributed by atoms with van der Waals surface area (Å²) in [6.45, 7) is 2.93. The molecule has 3 aromatic heterocycles. The summed E-state index contributed by atoms with van der Waals surface area (Å²) in [7, 11) is 1.32. The van der Waals surface area contributed by atoms with Gasteiger partial charge in [-0.15, -0.1) is 0 Å². The highest BCUT2D eigenvalue weighted by atomic mass is 35.5. The van der Waals surface area contributed by atoms with Crippen LogP contribution in [0.15, 0.2) is 36.7 Å². The van der Waals surface area contributed by atoms with E-state index in [2.05, 4.69) is 15.0 Å². The molecule has 0 aliphatic carbocycles. The van der Waals surface area contributed by atoms with E-state index in [0.29, 0.717) is 24.5 Å². The molecule has 4 aromatic rings. The second-order valence-corrected chi connectivity index (χ2v) is 8.73. The molecule has 0 saturated carbocycles. The van der Waals surface area contributed by atoms with Crippen LogP contribution in [-0.2, 0) is 15.9 Å². The molecule has 5 rings (SSSR count). The van der Waals surface area contributed by atoms with Crippen molar-refractivity contribution in [3.05, 3.63) is 64.7 Å². The monoisotopic (exact) mass is 501 g/mol. The van der Waals surface area contributed by atoms with Gasteiger partial charge in [-0.2, -0.15) is 0 Å². The molecule has 1 aliphatic heterocycles. The Kier molecular flexibility index (Phi) is 6.16. The minimum absolute atomic E-state index is 0.174. The van der Waals surface area contributed by atoms with Gasteiger partial charge < -0.3 is 23.8 Å². The lowest BCUT2D eigenvalue weighted by atomic mass is 10.0. The number of hydrogen-bond donors (Lipinski definition) is 1. The first-order valence-electron chi connectivity index (χ1n) is 11.0. The number of nitrogens with zero attached hydrogens (tertiary/aromatic N) is 4. The van der Waals surface area contributed by atoms with E-state index in [0.717, 1.165) is 5.56 Å². The number of fused-ring (bicyclic) bond motifs is 1. The first-order valence-corrected chi connectivity index (χ1v) is 11.3. The van der Waals surface area contributed by atoms with E-state index < -0.39 is 23.8 Å². The van der Waals surface area contributed by atoms with Gasteiger partial charge >= 0.3 is 6.09 Å². The average molecular weight is 502 g/mol. The predicted octanol–water partition coefficient (Wildman–Crippen LogP) is 4.64. The zero-order chi connectivity index (χ0) is 24.7. The van der Waals surface area contributed by atoms with E-state index >= 15 is 8.78 Å². The van der Waals surface area contributed by atoms with Crippen LogP contribution in [0.1, 0.15) is 11.3 Å². The van der Waals surface area contributed by atoms with Gasteiger partial charge in [-0.25, -0.2) is 23.5 Å². The summed E-state index contributed by atoms with van der Waals surface area (Å²) in [6.07, 6.45) is 2.68. The molecule has 4 heterocycles. The van der Waals surface area contributed by atoms with Crippen LogP contribution < -0.4 is 0 Å². The predicted molar refractivity (Wildman–Crippen MR) is 125 cm³/mol. The number of ether oxygens (including phenoxy) is 2. The van der Waals surface area contributed by atoms with Crippen molar-refractivity contribution in [2.45, 2.75) is 19.4 Å². The lowest BCUT2D eigenvalue weighted by molar-refractivity contribution is -0.0241. The van der Waals surface area contributed by atoms with Crippen LogP contribution in [0.5, 0.6) is 0 Å². The third-order valence-electron chi connectivity index (χ3n) is 5.97. The molecule has 0 bridgehead atoms. The van der Waals surface area contributed by atoms with Crippen LogP contribution in [-0.4, -0.2) is 63.3 Å².